The molecule has 0 bridgehead atoms. The zero-order chi connectivity index (χ0) is 10.7. The van der Waals surface area contributed by atoms with Gasteiger partial charge in [0.05, 0.1) is 0 Å². The van der Waals surface area contributed by atoms with Crippen LogP contribution in [0.1, 0.15) is 20.8 Å². The van der Waals surface area contributed by atoms with Crippen molar-refractivity contribution in [3.05, 3.63) is 29.0 Å². The minimum Gasteiger partial charge on any atom is -0.382 e. The number of benzene rings is 1. The summed E-state index contributed by atoms with van der Waals surface area (Å²) in [6, 6.07) is 4.77. The van der Waals surface area contributed by atoms with Crippen LogP contribution in [0.15, 0.2) is 18.2 Å². The van der Waals surface area contributed by atoms with Crippen LogP contribution in [0.25, 0.3) is 0 Å². The molecule has 0 amide bonds. The average molecular weight is 216 g/mol. The molecule has 14 heavy (non-hydrogen) atoms. The summed E-state index contributed by atoms with van der Waals surface area (Å²) in [5.74, 6) is 0.188. The van der Waals surface area contributed by atoms with E-state index in [9.17, 15) is 4.39 Å². The maximum absolute atomic E-state index is 13.0. The molecule has 1 N–H and O–H groups in total. The first kappa shape index (κ1) is 11.3. The molecule has 78 valence electrons. The Morgan fingerprint density at radius 2 is 1.86 bits per heavy atom. The summed E-state index contributed by atoms with van der Waals surface area (Å²) in [6.45, 7) is 6.28. The summed E-state index contributed by atoms with van der Waals surface area (Å²) in [6.07, 6.45) is 0. The number of rotatable bonds is 3. The van der Waals surface area contributed by atoms with Crippen LogP contribution in [0.3, 0.4) is 0 Å². The fourth-order valence-electron chi connectivity index (χ4n) is 1.07. The maximum atomic E-state index is 13.0. The van der Waals surface area contributed by atoms with Gasteiger partial charge in [-0.25, -0.2) is 4.39 Å². The van der Waals surface area contributed by atoms with Crippen LogP contribution in [-0.4, -0.2) is 6.04 Å². The van der Waals surface area contributed by atoms with Gasteiger partial charge in [-0.2, -0.15) is 0 Å². The third-order valence-electron chi connectivity index (χ3n) is 2.26. The molecular weight excluding hydrogens is 201 g/mol. The summed E-state index contributed by atoms with van der Waals surface area (Å²) in [7, 11) is 0. The standard InChI is InChI=1S/C11H15ClFN/c1-7(2)8(3)14-11-5-9(12)4-10(13)6-11/h4-8,14H,1-3H3. The van der Waals surface area contributed by atoms with E-state index in [2.05, 4.69) is 26.1 Å². The lowest BCUT2D eigenvalue weighted by atomic mass is 10.1. The number of halogens is 2. The molecule has 0 radical (unpaired) electrons. The van der Waals surface area contributed by atoms with E-state index in [1.165, 1.54) is 12.1 Å². The Balaban J connectivity index is 2.76. The third-order valence-corrected chi connectivity index (χ3v) is 2.48. The quantitative estimate of drug-likeness (QED) is 0.806. The minimum atomic E-state index is -0.309. The largest absolute Gasteiger partial charge is 0.382 e. The number of hydrogen-bond donors (Lipinski definition) is 1. The van der Waals surface area contributed by atoms with Crippen LogP contribution >= 0.6 is 11.6 Å². The first-order chi connectivity index (χ1) is 6.49. The molecule has 1 aromatic carbocycles. The van der Waals surface area contributed by atoms with Gasteiger partial charge in [-0.1, -0.05) is 25.4 Å². The number of nitrogens with one attached hydrogen (secondary N) is 1. The van der Waals surface area contributed by atoms with Crippen molar-refractivity contribution in [2.45, 2.75) is 26.8 Å². The van der Waals surface area contributed by atoms with Crippen LogP contribution in [0.5, 0.6) is 0 Å². The van der Waals surface area contributed by atoms with Gasteiger partial charge in [0.2, 0.25) is 0 Å². The van der Waals surface area contributed by atoms with E-state index in [1.807, 2.05) is 0 Å². The van der Waals surface area contributed by atoms with E-state index in [4.69, 9.17) is 11.6 Å². The zero-order valence-corrected chi connectivity index (χ0v) is 9.40. The lowest BCUT2D eigenvalue weighted by Crippen LogP contribution is -2.21. The molecule has 0 saturated carbocycles. The molecule has 0 aliphatic rings. The Morgan fingerprint density at radius 1 is 1.21 bits per heavy atom. The van der Waals surface area contributed by atoms with Gasteiger partial charge >= 0.3 is 0 Å². The Bertz CT molecular complexity index is 292. The topological polar surface area (TPSA) is 12.0 Å². The molecule has 1 rings (SSSR count). The fourth-order valence-corrected chi connectivity index (χ4v) is 1.29. The molecule has 1 nitrogen and oxygen atoms in total. The Kier molecular flexibility index (Phi) is 3.76. The van der Waals surface area contributed by atoms with Crippen molar-refractivity contribution >= 4 is 17.3 Å². The first-order valence-corrected chi connectivity index (χ1v) is 5.09. The highest BCUT2D eigenvalue weighted by Gasteiger charge is 2.07. The smallest absolute Gasteiger partial charge is 0.126 e. The van der Waals surface area contributed by atoms with Crippen molar-refractivity contribution in [1.82, 2.24) is 0 Å². The predicted molar refractivity (Wildman–Crippen MR) is 59.3 cm³/mol. The Hall–Kier alpha value is -0.760. The average Bonchev–Trinajstić information content (AvgIpc) is 2.01. The monoisotopic (exact) mass is 215 g/mol. The van der Waals surface area contributed by atoms with E-state index in [-0.39, 0.29) is 5.82 Å². The van der Waals surface area contributed by atoms with E-state index >= 15 is 0 Å². The molecule has 3 heteroatoms. The molecular formula is C11H15ClFN. The van der Waals surface area contributed by atoms with Gasteiger partial charge in [-0.3, -0.25) is 0 Å². The first-order valence-electron chi connectivity index (χ1n) is 4.71. The summed E-state index contributed by atoms with van der Waals surface area (Å²) >= 11 is 5.73. The van der Waals surface area contributed by atoms with Crippen LogP contribution in [0, 0.1) is 11.7 Å². The van der Waals surface area contributed by atoms with Gasteiger partial charge in [0.25, 0.3) is 0 Å². The molecule has 1 unspecified atom stereocenters. The minimum absolute atomic E-state index is 0.299. The number of anilines is 1. The van der Waals surface area contributed by atoms with Crippen molar-refractivity contribution in [3.8, 4) is 0 Å². The van der Waals surface area contributed by atoms with Crippen LogP contribution in [0.4, 0.5) is 10.1 Å². The Labute approximate surface area is 89.3 Å². The van der Waals surface area contributed by atoms with Crippen molar-refractivity contribution < 1.29 is 4.39 Å². The molecule has 0 aliphatic carbocycles. The van der Waals surface area contributed by atoms with Gasteiger partial charge in [0.1, 0.15) is 5.82 Å². The summed E-state index contributed by atoms with van der Waals surface area (Å²) in [5.41, 5.74) is 0.733. The molecule has 0 fully saturated rings. The van der Waals surface area contributed by atoms with Crippen LogP contribution < -0.4 is 5.32 Å². The Morgan fingerprint density at radius 3 is 2.36 bits per heavy atom. The molecule has 0 spiro atoms. The summed E-state index contributed by atoms with van der Waals surface area (Å²) < 4.78 is 13.0. The number of hydrogen-bond acceptors (Lipinski definition) is 1. The second kappa shape index (κ2) is 4.65. The molecule has 0 aromatic heterocycles. The summed E-state index contributed by atoms with van der Waals surface area (Å²) in [4.78, 5) is 0. The predicted octanol–water partition coefficient (Wildman–Crippen LogP) is 3.94. The lowest BCUT2D eigenvalue weighted by Gasteiger charge is -2.18. The highest BCUT2D eigenvalue weighted by atomic mass is 35.5. The third kappa shape index (κ3) is 3.18. The van der Waals surface area contributed by atoms with E-state index in [1.54, 1.807) is 6.07 Å². The highest BCUT2D eigenvalue weighted by molar-refractivity contribution is 6.30. The van der Waals surface area contributed by atoms with Crippen LogP contribution in [0.2, 0.25) is 5.02 Å². The van der Waals surface area contributed by atoms with Gasteiger partial charge in [-0.15, -0.1) is 0 Å². The van der Waals surface area contributed by atoms with Gasteiger partial charge < -0.3 is 5.32 Å². The van der Waals surface area contributed by atoms with Crippen molar-refractivity contribution in [1.29, 1.82) is 0 Å². The van der Waals surface area contributed by atoms with Gasteiger partial charge in [0, 0.05) is 16.8 Å². The highest BCUT2D eigenvalue weighted by Crippen LogP contribution is 2.19. The second-order valence-corrected chi connectivity index (χ2v) is 4.27. The molecule has 0 aliphatic heterocycles. The van der Waals surface area contributed by atoms with E-state index in [0.29, 0.717) is 17.0 Å². The normalized spacial score (nSPS) is 13.0. The second-order valence-electron chi connectivity index (χ2n) is 3.84. The SMILES string of the molecule is CC(C)C(C)Nc1cc(F)cc(Cl)c1. The molecule has 1 atom stereocenters. The van der Waals surface area contributed by atoms with Crippen molar-refractivity contribution in [2.24, 2.45) is 5.92 Å². The van der Waals surface area contributed by atoms with E-state index in [0.717, 1.165) is 5.69 Å². The van der Waals surface area contributed by atoms with E-state index < -0.39 is 0 Å². The van der Waals surface area contributed by atoms with Crippen molar-refractivity contribution in [2.75, 3.05) is 5.32 Å². The zero-order valence-electron chi connectivity index (χ0n) is 8.64. The lowest BCUT2D eigenvalue weighted by molar-refractivity contribution is 0.559. The fraction of sp³-hybridized carbons (Fsp3) is 0.455. The molecule has 0 heterocycles. The van der Waals surface area contributed by atoms with Gasteiger partial charge in [-0.05, 0) is 31.0 Å². The van der Waals surface area contributed by atoms with Crippen LogP contribution in [-0.2, 0) is 0 Å². The molecule has 0 saturated heterocycles. The van der Waals surface area contributed by atoms with Crippen molar-refractivity contribution in [3.63, 3.8) is 0 Å². The molecule has 1 aromatic rings. The summed E-state index contributed by atoms with van der Waals surface area (Å²) in [5, 5.41) is 3.62. The maximum Gasteiger partial charge on any atom is 0.126 e. The van der Waals surface area contributed by atoms with Gasteiger partial charge in [0.15, 0.2) is 0 Å².